The molecule has 1 heterocycles. The van der Waals surface area contributed by atoms with Crippen LogP contribution in [0, 0.1) is 0 Å². The van der Waals surface area contributed by atoms with Gasteiger partial charge in [-0.2, -0.15) is 0 Å². The summed E-state index contributed by atoms with van der Waals surface area (Å²) in [4.78, 5) is 13.3. The van der Waals surface area contributed by atoms with Crippen LogP contribution in [0.15, 0.2) is 30.3 Å². The standard InChI is InChI=1S/C15H17ClN4O/c1-3-10-4-6-11(7-5-10)9-20(2)15-12(14(17)21)8-13(16)18-19-15/h4-8H,3,9H2,1-2H3,(H2,17,21). The third-order valence-electron chi connectivity index (χ3n) is 3.22. The van der Waals surface area contributed by atoms with Gasteiger partial charge in [0.05, 0.1) is 5.56 Å². The number of aromatic nitrogens is 2. The van der Waals surface area contributed by atoms with Crippen LogP contribution in [-0.4, -0.2) is 23.2 Å². The van der Waals surface area contributed by atoms with Crippen molar-refractivity contribution in [1.82, 2.24) is 10.2 Å². The molecule has 0 unspecified atom stereocenters. The topological polar surface area (TPSA) is 72.1 Å². The van der Waals surface area contributed by atoms with Crippen molar-refractivity contribution in [3.8, 4) is 0 Å². The zero-order valence-corrected chi connectivity index (χ0v) is 12.8. The Morgan fingerprint density at radius 3 is 2.43 bits per heavy atom. The molecule has 0 spiro atoms. The smallest absolute Gasteiger partial charge is 0.252 e. The second-order valence-electron chi connectivity index (χ2n) is 4.79. The summed E-state index contributed by atoms with van der Waals surface area (Å²) in [5.41, 5.74) is 8.02. The van der Waals surface area contributed by atoms with Crippen molar-refractivity contribution in [2.45, 2.75) is 19.9 Å². The van der Waals surface area contributed by atoms with Crippen LogP contribution in [0.2, 0.25) is 5.15 Å². The van der Waals surface area contributed by atoms with E-state index < -0.39 is 5.91 Å². The minimum absolute atomic E-state index is 0.147. The SMILES string of the molecule is CCc1ccc(CN(C)c2nnc(Cl)cc2C(N)=O)cc1. The van der Waals surface area contributed by atoms with E-state index in [2.05, 4.69) is 41.4 Å². The maximum Gasteiger partial charge on any atom is 0.252 e. The number of hydrogen-bond acceptors (Lipinski definition) is 4. The van der Waals surface area contributed by atoms with Crippen LogP contribution >= 0.6 is 11.6 Å². The van der Waals surface area contributed by atoms with Gasteiger partial charge in [-0.1, -0.05) is 42.8 Å². The third kappa shape index (κ3) is 3.70. The molecule has 5 nitrogen and oxygen atoms in total. The fraction of sp³-hybridized carbons (Fsp3) is 0.267. The number of carbonyl (C=O) groups excluding carboxylic acids is 1. The molecule has 1 aromatic heterocycles. The molecule has 0 aliphatic carbocycles. The Balaban J connectivity index is 2.23. The van der Waals surface area contributed by atoms with E-state index >= 15 is 0 Å². The summed E-state index contributed by atoms with van der Waals surface area (Å²) in [6.45, 7) is 2.71. The maximum absolute atomic E-state index is 11.5. The van der Waals surface area contributed by atoms with Crippen molar-refractivity contribution >= 4 is 23.3 Å². The molecule has 0 aliphatic rings. The largest absolute Gasteiger partial charge is 0.365 e. The van der Waals surface area contributed by atoms with Crippen molar-refractivity contribution in [2.75, 3.05) is 11.9 Å². The Morgan fingerprint density at radius 2 is 1.86 bits per heavy atom. The first kappa shape index (κ1) is 15.3. The molecular weight excluding hydrogens is 288 g/mol. The van der Waals surface area contributed by atoms with Gasteiger partial charge in [0.15, 0.2) is 11.0 Å². The van der Waals surface area contributed by atoms with Gasteiger partial charge >= 0.3 is 0 Å². The van der Waals surface area contributed by atoms with Gasteiger partial charge < -0.3 is 10.6 Å². The number of nitrogens with two attached hydrogens (primary N) is 1. The molecule has 1 aromatic carbocycles. The van der Waals surface area contributed by atoms with Gasteiger partial charge in [-0.25, -0.2) is 0 Å². The summed E-state index contributed by atoms with van der Waals surface area (Å²) in [5.74, 6) is -0.151. The molecule has 0 fully saturated rings. The fourth-order valence-electron chi connectivity index (χ4n) is 2.05. The lowest BCUT2D eigenvalue weighted by atomic mass is 10.1. The number of halogens is 1. The highest BCUT2D eigenvalue weighted by atomic mass is 35.5. The van der Waals surface area contributed by atoms with Crippen molar-refractivity contribution in [3.63, 3.8) is 0 Å². The molecule has 1 amide bonds. The van der Waals surface area contributed by atoms with Gasteiger partial charge in [0, 0.05) is 13.6 Å². The maximum atomic E-state index is 11.5. The minimum atomic E-state index is -0.574. The monoisotopic (exact) mass is 304 g/mol. The van der Waals surface area contributed by atoms with Gasteiger partial charge in [-0.15, -0.1) is 10.2 Å². The van der Waals surface area contributed by atoms with Gasteiger partial charge in [0.25, 0.3) is 5.91 Å². The summed E-state index contributed by atoms with van der Waals surface area (Å²) in [6, 6.07) is 9.73. The number of nitrogens with zero attached hydrogens (tertiary/aromatic N) is 3. The van der Waals surface area contributed by atoms with Crippen molar-refractivity contribution in [1.29, 1.82) is 0 Å². The van der Waals surface area contributed by atoms with Gasteiger partial charge in [-0.3, -0.25) is 4.79 Å². The molecule has 0 atom stereocenters. The molecule has 0 saturated carbocycles. The average Bonchev–Trinajstić information content (AvgIpc) is 2.47. The minimum Gasteiger partial charge on any atom is -0.365 e. The third-order valence-corrected chi connectivity index (χ3v) is 3.41. The molecule has 0 saturated heterocycles. The highest BCUT2D eigenvalue weighted by Crippen LogP contribution is 2.20. The fourth-order valence-corrected chi connectivity index (χ4v) is 2.20. The molecule has 2 aromatic rings. The molecular formula is C15H17ClN4O. The first-order valence-corrected chi connectivity index (χ1v) is 7.01. The van der Waals surface area contributed by atoms with Crippen LogP contribution in [0.3, 0.4) is 0 Å². The highest BCUT2D eigenvalue weighted by molar-refractivity contribution is 6.29. The highest BCUT2D eigenvalue weighted by Gasteiger charge is 2.15. The van der Waals surface area contributed by atoms with Gasteiger partial charge in [-0.05, 0) is 23.6 Å². The summed E-state index contributed by atoms with van der Waals surface area (Å²) >= 11 is 5.76. The number of aryl methyl sites for hydroxylation is 1. The van der Waals surface area contributed by atoms with Crippen LogP contribution in [0.4, 0.5) is 5.82 Å². The van der Waals surface area contributed by atoms with Crippen LogP contribution in [0.25, 0.3) is 0 Å². The van der Waals surface area contributed by atoms with E-state index in [1.165, 1.54) is 11.6 Å². The molecule has 0 radical (unpaired) electrons. The molecule has 2 N–H and O–H groups in total. The molecule has 2 rings (SSSR count). The lowest BCUT2D eigenvalue weighted by Gasteiger charge is -2.19. The van der Waals surface area contributed by atoms with Crippen LogP contribution < -0.4 is 10.6 Å². The van der Waals surface area contributed by atoms with Gasteiger partial charge in [0.1, 0.15) is 0 Å². The Morgan fingerprint density at radius 1 is 1.24 bits per heavy atom. The van der Waals surface area contributed by atoms with Crippen molar-refractivity contribution < 1.29 is 4.79 Å². The summed E-state index contributed by atoms with van der Waals surface area (Å²) in [6.07, 6.45) is 1.00. The van der Waals surface area contributed by atoms with E-state index in [9.17, 15) is 4.79 Å². The lowest BCUT2D eigenvalue weighted by Crippen LogP contribution is -2.23. The number of rotatable bonds is 5. The van der Waals surface area contributed by atoms with Crippen molar-refractivity contribution in [2.24, 2.45) is 5.73 Å². The van der Waals surface area contributed by atoms with E-state index in [0.717, 1.165) is 12.0 Å². The Labute approximate surface area is 128 Å². The Bertz CT molecular complexity index is 643. The second-order valence-corrected chi connectivity index (χ2v) is 5.18. The first-order chi connectivity index (χ1) is 10.0. The predicted molar refractivity (Wildman–Crippen MR) is 83.5 cm³/mol. The predicted octanol–water partition coefficient (Wildman–Crippen LogP) is 2.43. The summed E-state index contributed by atoms with van der Waals surface area (Å²) in [7, 11) is 1.83. The number of hydrogen-bond donors (Lipinski definition) is 1. The number of primary amides is 1. The zero-order chi connectivity index (χ0) is 15.4. The zero-order valence-electron chi connectivity index (χ0n) is 12.0. The van der Waals surface area contributed by atoms with Crippen LogP contribution in [0.1, 0.15) is 28.4 Å². The van der Waals surface area contributed by atoms with Gasteiger partial charge in [0.2, 0.25) is 0 Å². The number of anilines is 1. The number of amides is 1. The number of benzene rings is 1. The summed E-state index contributed by atoms with van der Waals surface area (Å²) in [5, 5.41) is 7.90. The first-order valence-electron chi connectivity index (χ1n) is 6.63. The van der Waals surface area contributed by atoms with E-state index in [1.807, 2.05) is 11.9 Å². The normalized spacial score (nSPS) is 10.4. The van der Waals surface area contributed by atoms with Crippen molar-refractivity contribution in [3.05, 3.63) is 52.2 Å². The molecule has 21 heavy (non-hydrogen) atoms. The number of carbonyl (C=O) groups is 1. The quantitative estimate of drug-likeness (QED) is 0.921. The molecule has 0 bridgehead atoms. The molecule has 0 aliphatic heterocycles. The van der Waals surface area contributed by atoms with E-state index in [1.54, 1.807) is 0 Å². The summed E-state index contributed by atoms with van der Waals surface area (Å²) < 4.78 is 0. The van der Waals surface area contributed by atoms with E-state index in [0.29, 0.717) is 12.4 Å². The van der Waals surface area contributed by atoms with E-state index in [-0.39, 0.29) is 10.7 Å². The molecule has 110 valence electrons. The van der Waals surface area contributed by atoms with Crippen LogP contribution in [0.5, 0.6) is 0 Å². The van der Waals surface area contributed by atoms with Crippen LogP contribution in [-0.2, 0) is 13.0 Å². The molecule has 6 heteroatoms. The second kappa shape index (κ2) is 6.54. The Kier molecular flexibility index (Phi) is 4.75. The lowest BCUT2D eigenvalue weighted by molar-refractivity contribution is 0.1000. The average molecular weight is 305 g/mol. The van der Waals surface area contributed by atoms with E-state index in [4.69, 9.17) is 17.3 Å². The Hall–Kier alpha value is -2.14.